The first kappa shape index (κ1) is 18.9. The van der Waals surface area contributed by atoms with Crippen molar-refractivity contribution in [1.82, 2.24) is 10.6 Å². The largest absolute Gasteiger partial charge is 0.464 e. The summed E-state index contributed by atoms with van der Waals surface area (Å²) in [7, 11) is 0. The number of benzene rings is 1. The van der Waals surface area contributed by atoms with E-state index >= 15 is 0 Å². The Labute approximate surface area is 145 Å². The Kier molecular flexibility index (Phi) is 6.49. The molecule has 1 saturated heterocycles. The highest BCUT2D eigenvalue weighted by Crippen LogP contribution is 2.13. The second-order valence-corrected chi connectivity index (χ2v) is 5.86. The molecule has 0 aliphatic carbocycles. The maximum absolute atomic E-state index is 12.1. The predicted molar refractivity (Wildman–Crippen MR) is 91.0 cm³/mol. The monoisotopic (exact) mass is 349 g/mol. The molecular formula is C17H23N3O5. The molecule has 8 nitrogen and oxygen atoms in total. The van der Waals surface area contributed by atoms with Crippen LogP contribution in [0.25, 0.3) is 0 Å². The van der Waals surface area contributed by atoms with Crippen molar-refractivity contribution in [2.45, 2.75) is 38.5 Å². The van der Waals surface area contributed by atoms with Gasteiger partial charge >= 0.3 is 5.97 Å². The van der Waals surface area contributed by atoms with Crippen LogP contribution in [0, 0.1) is 0 Å². The highest BCUT2D eigenvalue weighted by Gasteiger charge is 2.28. The van der Waals surface area contributed by atoms with Crippen LogP contribution in [0.4, 0.5) is 5.69 Å². The molecule has 3 atom stereocenters. The number of aliphatic hydroxyl groups is 1. The number of anilines is 1. The third kappa shape index (κ3) is 5.27. The lowest BCUT2D eigenvalue weighted by Gasteiger charge is -2.13. The van der Waals surface area contributed by atoms with E-state index in [4.69, 9.17) is 4.74 Å². The highest BCUT2D eigenvalue weighted by molar-refractivity contribution is 5.98. The van der Waals surface area contributed by atoms with Gasteiger partial charge in [0.15, 0.2) is 0 Å². The van der Waals surface area contributed by atoms with Gasteiger partial charge in [0.1, 0.15) is 6.04 Å². The number of β-amino-alcohol motifs (C(OH)–C–C–N with tert-alkyl or cyclic N) is 1. The smallest absolute Gasteiger partial charge is 0.328 e. The molecule has 136 valence electrons. The minimum Gasteiger partial charge on any atom is -0.464 e. The van der Waals surface area contributed by atoms with Crippen LogP contribution in [0.3, 0.4) is 0 Å². The Morgan fingerprint density at radius 1 is 1.32 bits per heavy atom. The first-order valence-corrected chi connectivity index (χ1v) is 8.20. The van der Waals surface area contributed by atoms with E-state index in [2.05, 4.69) is 16.0 Å². The molecule has 8 heteroatoms. The van der Waals surface area contributed by atoms with Gasteiger partial charge in [0, 0.05) is 17.8 Å². The number of carbonyl (C=O) groups is 3. The number of amides is 2. The molecule has 0 saturated carbocycles. The Morgan fingerprint density at radius 3 is 2.56 bits per heavy atom. The van der Waals surface area contributed by atoms with E-state index in [0.29, 0.717) is 24.2 Å². The van der Waals surface area contributed by atoms with Gasteiger partial charge < -0.3 is 25.8 Å². The SMILES string of the molecule is CCOC(=O)C(C)NC(=O)c1ccc(NC(=O)C2CC(O)CN2)cc1. The molecule has 1 aliphatic rings. The normalized spacial score (nSPS) is 20.6. The average Bonchev–Trinajstić information content (AvgIpc) is 3.02. The molecule has 2 amide bonds. The summed E-state index contributed by atoms with van der Waals surface area (Å²) in [5, 5.41) is 17.6. The molecule has 0 radical (unpaired) electrons. The fraction of sp³-hybridized carbons (Fsp3) is 0.471. The fourth-order valence-corrected chi connectivity index (χ4v) is 2.46. The minimum atomic E-state index is -0.744. The van der Waals surface area contributed by atoms with Crippen LogP contribution in [-0.2, 0) is 14.3 Å². The summed E-state index contributed by atoms with van der Waals surface area (Å²) in [5.74, 6) is -1.13. The summed E-state index contributed by atoms with van der Waals surface area (Å²) >= 11 is 0. The molecule has 25 heavy (non-hydrogen) atoms. The molecule has 1 aromatic rings. The zero-order valence-electron chi connectivity index (χ0n) is 14.2. The number of hydrogen-bond acceptors (Lipinski definition) is 6. The molecule has 2 rings (SSSR count). The lowest BCUT2D eigenvalue weighted by molar-refractivity contribution is -0.144. The zero-order chi connectivity index (χ0) is 18.4. The summed E-state index contributed by atoms with van der Waals surface area (Å²) in [4.78, 5) is 35.7. The van der Waals surface area contributed by atoms with Crippen molar-refractivity contribution in [1.29, 1.82) is 0 Å². The maximum Gasteiger partial charge on any atom is 0.328 e. The molecule has 1 heterocycles. The van der Waals surface area contributed by atoms with Crippen molar-refractivity contribution < 1.29 is 24.2 Å². The van der Waals surface area contributed by atoms with Crippen LogP contribution in [0.1, 0.15) is 30.6 Å². The topological polar surface area (TPSA) is 117 Å². The van der Waals surface area contributed by atoms with Gasteiger partial charge in [0.25, 0.3) is 5.91 Å². The molecule has 1 aliphatic heterocycles. The molecule has 0 aromatic heterocycles. The second kappa shape index (κ2) is 8.59. The van der Waals surface area contributed by atoms with Gasteiger partial charge in [-0.15, -0.1) is 0 Å². The molecule has 1 fully saturated rings. The van der Waals surface area contributed by atoms with Crippen LogP contribution in [0.15, 0.2) is 24.3 Å². The van der Waals surface area contributed by atoms with Gasteiger partial charge in [0.05, 0.1) is 18.8 Å². The van der Waals surface area contributed by atoms with Crippen LogP contribution in [-0.4, -0.2) is 54.2 Å². The van der Waals surface area contributed by atoms with E-state index in [9.17, 15) is 19.5 Å². The molecule has 3 unspecified atom stereocenters. The third-order valence-corrected chi connectivity index (χ3v) is 3.83. The van der Waals surface area contributed by atoms with Gasteiger partial charge in [-0.05, 0) is 44.5 Å². The highest BCUT2D eigenvalue weighted by atomic mass is 16.5. The summed E-state index contributed by atoms with van der Waals surface area (Å²) in [6.07, 6.45) is -0.138. The van der Waals surface area contributed by atoms with E-state index in [1.54, 1.807) is 38.1 Å². The second-order valence-electron chi connectivity index (χ2n) is 5.86. The summed E-state index contributed by atoms with van der Waals surface area (Å²) in [6.45, 7) is 3.89. The van der Waals surface area contributed by atoms with Crippen molar-refractivity contribution in [2.24, 2.45) is 0 Å². The molecule has 4 N–H and O–H groups in total. The Hall–Kier alpha value is -2.45. The van der Waals surface area contributed by atoms with Crippen molar-refractivity contribution >= 4 is 23.5 Å². The number of aliphatic hydroxyl groups excluding tert-OH is 1. The summed E-state index contributed by atoms with van der Waals surface area (Å²) in [6, 6.07) is 5.15. The average molecular weight is 349 g/mol. The summed E-state index contributed by atoms with van der Waals surface area (Å²) < 4.78 is 4.83. The Morgan fingerprint density at radius 2 is 2.00 bits per heavy atom. The maximum atomic E-state index is 12.1. The van der Waals surface area contributed by atoms with E-state index in [1.807, 2.05) is 0 Å². The number of hydrogen-bond donors (Lipinski definition) is 4. The standard InChI is InChI=1S/C17H23N3O5/c1-3-25-17(24)10(2)19-15(22)11-4-6-12(7-5-11)20-16(23)14-8-13(21)9-18-14/h4-7,10,13-14,18,21H,3,8-9H2,1-2H3,(H,19,22)(H,20,23). The van der Waals surface area contributed by atoms with E-state index in [1.165, 1.54) is 0 Å². The van der Waals surface area contributed by atoms with Crippen molar-refractivity contribution in [3.8, 4) is 0 Å². The Balaban J connectivity index is 1.89. The Bertz CT molecular complexity index is 632. The minimum absolute atomic E-state index is 0.232. The molecule has 1 aromatic carbocycles. The van der Waals surface area contributed by atoms with Gasteiger partial charge in [-0.1, -0.05) is 0 Å². The lowest BCUT2D eigenvalue weighted by Crippen LogP contribution is -2.39. The molecule has 0 spiro atoms. The zero-order valence-corrected chi connectivity index (χ0v) is 14.2. The number of nitrogens with one attached hydrogen (secondary N) is 3. The molecular weight excluding hydrogens is 326 g/mol. The van der Waals surface area contributed by atoms with Crippen molar-refractivity contribution in [3.63, 3.8) is 0 Å². The van der Waals surface area contributed by atoms with Gasteiger partial charge in [-0.3, -0.25) is 9.59 Å². The van der Waals surface area contributed by atoms with Gasteiger partial charge in [-0.2, -0.15) is 0 Å². The van der Waals surface area contributed by atoms with Gasteiger partial charge in [0.2, 0.25) is 5.91 Å². The lowest BCUT2D eigenvalue weighted by atomic mass is 10.1. The van der Waals surface area contributed by atoms with Crippen LogP contribution in [0.5, 0.6) is 0 Å². The van der Waals surface area contributed by atoms with Gasteiger partial charge in [-0.25, -0.2) is 4.79 Å². The van der Waals surface area contributed by atoms with Crippen LogP contribution < -0.4 is 16.0 Å². The van der Waals surface area contributed by atoms with Crippen LogP contribution >= 0.6 is 0 Å². The first-order chi connectivity index (χ1) is 11.9. The van der Waals surface area contributed by atoms with Crippen molar-refractivity contribution in [3.05, 3.63) is 29.8 Å². The number of ether oxygens (including phenoxy) is 1. The predicted octanol–water partition coefficient (Wildman–Crippen LogP) is 0.0293. The number of rotatable bonds is 6. The fourth-order valence-electron chi connectivity index (χ4n) is 2.46. The van der Waals surface area contributed by atoms with E-state index in [0.717, 1.165) is 0 Å². The van der Waals surface area contributed by atoms with E-state index in [-0.39, 0.29) is 12.5 Å². The van der Waals surface area contributed by atoms with Crippen LogP contribution in [0.2, 0.25) is 0 Å². The van der Waals surface area contributed by atoms with E-state index < -0.39 is 30.1 Å². The quantitative estimate of drug-likeness (QED) is 0.539. The summed E-state index contributed by atoms with van der Waals surface area (Å²) in [5.41, 5.74) is 0.909. The number of esters is 1. The molecule has 0 bridgehead atoms. The first-order valence-electron chi connectivity index (χ1n) is 8.20. The van der Waals surface area contributed by atoms with Crippen molar-refractivity contribution in [2.75, 3.05) is 18.5 Å². The third-order valence-electron chi connectivity index (χ3n) is 3.83. The number of carbonyl (C=O) groups excluding carboxylic acids is 3.